The van der Waals surface area contributed by atoms with E-state index >= 15 is 0 Å². The summed E-state index contributed by atoms with van der Waals surface area (Å²) in [7, 11) is 0. The van der Waals surface area contributed by atoms with Crippen molar-refractivity contribution in [2.45, 2.75) is 31.7 Å². The molecule has 72 valence electrons. The van der Waals surface area contributed by atoms with Crippen molar-refractivity contribution < 1.29 is 4.42 Å². The van der Waals surface area contributed by atoms with Gasteiger partial charge in [-0.3, -0.25) is 0 Å². The molecule has 2 heterocycles. The van der Waals surface area contributed by atoms with Crippen LogP contribution in [0.5, 0.6) is 0 Å². The molecule has 5 nitrogen and oxygen atoms in total. The van der Waals surface area contributed by atoms with Crippen LogP contribution in [-0.4, -0.2) is 22.8 Å². The highest BCUT2D eigenvalue weighted by Gasteiger charge is 2.15. The number of nitrogens with zero attached hydrogens (tertiary/aromatic N) is 2. The molecule has 0 radical (unpaired) electrons. The molecular formula is C8H14N4O. The molecule has 1 aromatic rings. The SMILES string of the molecule is Nc1nnc(CC2CCCCN2)o1. The third-order valence-electron chi connectivity index (χ3n) is 2.32. The molecule has 1 saturated heterocycles. The fourth-order valence-corrected chi connectivity index (χ4v) is 1.66. The zero-order valence-electron chi connectivity index (χ0n) is 7.49. The Kier molecular flexibility index (Phi) is 2.44. The number of rotatable bonds is 2. The monoisotopic (exact) mass is 182 g/mol. The van der Waals surface area contributed by atoms with E-state index in [-0.39, 0.29) is 6.01 Å². The molecule has 1 aliphatic heterocycles. The van der Waals surface area contributed by atoms with E-state index in [0.717, 1.165) is 13.0 Å². The molecule has 2 rings (SSSR count). The van der Waals surface area contributed by atoms with Gasteiger partial charge in [0.05, 0.1) is 0 Å². The lowest BCUT2D eigenvalue weighted by molar-refractivity contribution is 0.370. The van der Waals surface area contributed by atoms with Crippen LogP contribution in [0.15, 0.2) is 4.42 Å². The van der Waals surface area contributed by atoms with Gasteiger partial charge in [-0.1, -0.05) is 11.5 Å². The predicted octanol–water partition coefficient (Wildman–Crippen LogP) is 0.336. The molecule has 1 aromatic heterocycles. The minimum Gasteiger partial charge on any atom is -0.408 e. The summed E-state index contributed by atoms with van der Waals surface area (Å²) in [6, 6.07) is 0.638. The molecular weight excluding hydrogens is 168 g/mol. The largest absolute Gasteiger partial charge is 0.408 e. The van der Waals surface area contributed by atoms with Crippen molar-refractivity contribution in [3.63, 3.8) is 0 Å². The van der Waals surface area contributed by atoms with Crippen LogP contribution in [0.4, 0.5) is 6.01 Å². The van der Waals surface area contributed by atoms with Gasteiger partial charge in [0.2, 0.25) is 5.89 Å². The molecule has 13 heavy (non-hydrogen) atoms. The number of piperidine rings is 1. The van der Waals surface area contributed by atoms with Crippen LogP contribution in [-0.2, 0) is 6.42 Å². The molecule has 1 atom stereocenters. The first-order chi connectivity index (χ1) is 6.34. The molecule has 0 aromatic carbocycles. The third-order valence-corrected chi connectivity index (χ3v) is 2.32. The van der Waals surface area contributed by atoms with Gasteiger partial charge in [0.15, 0.2) is 0 Å². The predicted molar refractivity (Wildman–Crippen MR) is 48.1 cm³/mol. The van der Waals surface area contributed by atoms with E-state index in [2.05, 4.69) is 15.5 Å². The molecule has 0 amide bonds. The minimum absolute atomic E-state index is 0.158. The Hall–Kier alpha value is -1.10. The van der Waals surface area contributed by atoms with Crippen molar-refractivity contribution in [1.29, 1.82) is 0 Å². The third kappa shape index (κ3) is 2.18. The van der Waals surface area contributed by atoms with Crippen LogP contribution in [0, 0.1) is 0 Å². The molecule has 0 bridgehead atoms. The van der Waals surface area contributed by atoms with Crippen molar-refractivity contribution in [1.82, 2.24) is 15.5 Å². The topological polar surface area (TPSA) is 77.0 Å². The van der Waals surface area contributed by atoms with E-state index in [9.17, 15) is 0 Å². The average molecular weight is 182 g/mol. The van der Waals surface area contributed by atoms with Gasteiger partial charge in [0.1, 0.15) is 0 Å². The summed E-state index contributed by atoms with van der Waals surface area (Å²) in [5.41, 5.74) is 5.32. The maximum Gasteiger partial charge on any atom is 0.312 e. The lowest BCUT2D eigenvalue weighted by Crippen LogP contribution is -2.35. The number of anilines is 1. The van der Waals surface area contributed by atoms with Crippen molar-refractivity contribution in [3.8, 4) is 0 Å². The highest BCUT2D eigenvalue weighted by atomic mass is 16.4. The second-order valence-corrected chi connectivity index (χ2v) is 3.38. The maximum atomic E-state index is 5.32. The summed E-state index contributed by atoms with van der Waals surface area (Å²) in [5, 5.41) is 10.9. The zero-order chi connectivity index (χ0) is 9.10. The van der Waals surface area contributed by atoms with Gasteiger partial charge >= 0.3 is 6.01 Å². The van der Waals surface area contributed by atoms with E-state index < -0.39 is 0 Å². The molecule has 0 aliphatic carbocycles. The maximum absolute atomic E-state index is 5.32. The standard InChI is InChI=1S/C8H14N4O/c9-8-12-11-7(13-8)5-6-3-1-2-4-10-6/h6,10H,1-5H2,(H2,9,12). The van der Waals surface area contributed by atoms with Crippen LogP contribution >= 0.6 is 0 Å². The average Bonchev–Trinajstić information content (AvgIpc) is 2.53. The Morgan fingerprint density at radius 3 is 3.00 bits per heavy atom. The first-order valence-electron chi connectivity index (χ1n) is 4.66. The fraction of sp³-hybridized carbons (Fsp3) is 0.750. The van der Waals surface area contributed by atoms with Gasteiger partial charge in [-0.05, 0) is 19.4 Å². The summed E-state index contributed by atoms with van der Waals surface area (Å²) in [6.07, 6.45) is 4.52. The Labute approximate surface area is 76.7 Å². The second-order valence-electron chi connectivity index (χ2n) is 3.38. The summed E-state index contributed by atoms with van der Waals surface area (Å²) in [5.74, 6) is 0.636. The molecule has 1 aliphatic rings. The Morgan fingerprint density at radius 2 is 2.38 bits per heavy atom. The molecule has 1 unspecified atom stereocenters. The Balaban J connectivity index is 1.89. The summed E-state index contributed by atoms with van der Waals surface area (Å²) in [4.78, 5) is 0. The van der Waals surface area contributed by atoms with Crippen LogP contribution in [0.1, 0.15) is 25.2 Å². The van der Waals surface area contributed by atoms with E-state index in [0.29, 0.717) is 11.9 Å². The summed E-state index contributed by atoms with van der Waals surface area (Å²) >= 11 is 0. The molecule has 1 fully saturated rings. The summed E-state index contributed by atoms with van der Waals surface area (Å²) in [6.45, 7) is 1.09. The van der Waals surface area contributed by atoms with E-state index in [1.165, 1.54) is 19.3 Å². The number of nitrogen functional groups attached to an aromatic ring is 1. The quantitative estimate of drug-likeness (QED) is 0.689. The fourth-order valence-electron chi connectivity index (χ4n) is 1.66. The summed E-state index contributed by atoms with van der Waals surface area (Å²) < 4.78 is 5.10. The van der Waals surface area contributed by atoms with Crippen LogP contribution in [0.25, 0.3) is 0 Å². The second kappa shape index (κ2) is 3.74. The van der Waals surface area contributed by atoms with Crippen LogP contribution in [0.3, 0.4) is 0 Å². The first kappa shape index (κ1) is 8.50. The lowest BCUT2D eigenvalue weighted by Gasteiger charge is -2.21. The van der Waals surface area contributed by atoms with Crippen molar-refractivity contribution in [2.24, 2.45) is 0 Å². The highest BCUT2D eigenvalue weighted by molar-refractivity contribution is 5.05. The van der Waals surface area contributed by atoms with Crippen LogP contribution in [0.2, 0.25) is 0 Å². The molecule has 0 spiro atoms. The molecule has 3 N–H and O–H groups in total. The molecule has 0 saturated carbocycles. The van der Waals surface area contributed by atoms with Crippen molar-refractivity contribution in [3.05, 3.63) is 5.89 Å². The first-order valence-corrected chi connectivity index (χ1v) is 4.66. The highest BCUT2D eigenvalue weighted by Crippen LogP contribution is 2.12. The molecule has 5 heteroatoms. The van der Waals surface area contributed by atoms with Crippen molar-refractivity contribution >= 4 is 6.01 Å². The van der Waals surface area contributed by atoms with Gasteiger partial charge in [0, 0.05) is 12.5 Å². The Bertz CT molecular complexity index is 267. The van der Waals surface area contributed by atoms with Gasteiger partial charge in [-0.15, -0.1) is 5.10 Å². The van der Waals surface area contributed by atoms with Crippen molar-refractivity contribution in [2.75, 3.05) is 12.3 Å². The number of hydrogen-bond donors (Lipinski definition) is 2. The van der Waals surface area contributed by atoms with Gasteiger partial charge in [0.25, 0.3) is 0 Å². The number of hydrogen-bond acceptors (Lipinski definition) is 5. The van der Waals surface area contributed by atoms with E-state index in [4.69, 9.17) is 10.2 Å². The smallest absolute Gasteiger partial charge is 0.312 e. The normalized spacial score (nSPS) is 23.2. The van der Waals surface area contributed by atoms with Gasteiger partial charge < -0.3 is 15.5 Å². The lowest BCUT2D eigenvalue weighted by atomic mass is 10.0. The zero-order valence-corrected chi connectivity index (χ0v) is 7.49. The van der Waals surface area contributed by atoms with E-state index in [1.54, 1.807) is 0 Å². The number of aromatic nitrogens is 2. The van der Waals surface area contributed by atoms with E-state index in [1.807, 2.05) is 0 Å². The number of nitrogens with one attached hydrogen (secondary N) is 1. The Morgan fingerprint density at radius 1 is 1.46 bits per heavy atom. The minimum atomic E-state index is 0.158. The number of nitrogens with two attached hydrogens (primary N) is 1. The van der Waals surface area contributed by atoms with Gasteiger partial charge in [-0.2, -0.15) is 0 Å². The van der Waals surface area contributed by atoms with Crippen LogP contribution < -0.4 is 11.1 Å². The van der Waals surface area contributed by atoms with Gasteiger partial charge in [-0.25, -0.2) is 0 Å².